The number of nitrogens with zero attached hydrogens (tertiary/aromatic N) is 1. The van der Waals surface area contributed by atoms with Gasteiger partial charge in [-0.3, -0.25) is 4.79 Å². The highest BCUT2D eigenvalue weighted by molar-refractivity contribution is 7.89. The van der Waals surface area contributed by atoms with E-state index in [0.717, 1.165) is 4.31 Å². The summed E-state index contributed by atoms with van der Waals surface area (Å²) in [5, 5.41) is 9.08. The third-order valence-electron chi connectivity index (χ3n) is 2.74. The molecule has 0 amide bonds. The van der Waals surface area contributed by atoms with Crippen LogP contribution in [0.2, 0.25) is 10.0 Å². The third-order valence-corrected chi connectivity index (χ3v) is 5.62. The van der Waals surface area contributed by atoms with Crippen molar-refractivity contribution >= 4 is 39.2 Å². The molecule has 1 rings (SSSR count). The first-order valence-corrected chi connectivity index (χ1v) is 8.35. The number of halogens is 2. The number of rotatable bonds is 5. The quantitative estimate of drug-likeness (QED) is 0.881. The predicted molar refractivity (Wildman–Crippen MR) is 82.4 cm³/mol. The Labute approximate surface area is 134 Å². The zero-order valence-electron chi connectivity index (χ0n) is 11.9. The number of aliphatic carboxylic acids is 1. The molecule has 118 valence electrons. The molecule has 0 aliphatic rings. The van der Waals surface area contributed by atoms with Gasteiger partial charge in [0.05, 0.1) is 11.4 Å². The fourth-order valence-corrected chi connectivity index (χ4v) is 4.33. The van der Waals surface area contributed by atoms with E-state index in [1.165, 1.54) is 18.2 Å². The lowest BCUT2D eigenvalue weighted by atomic mass is 10.1. The summed E-state index contributed by atoms with van der Waals surface area (Å²) < 4.78 is 26.6. The lowest BCUT2D eigenvalue weighted by Gasteiger charge is -2.34. The summed E-state index contributed by atoms with van der Waals surface area (Å²) in [5.74, 6) is -1.07. The number of benzene rings is 1. The molecule has 0 atom stereocenters. The molecule has 0 aliphatic carbocycles. The van der Waals surface area contributed by atoms with Crippen LogP contribution in [-0.4, -0.2) is 35.9 Å². The second-order valence-electron chi connectivity index (χ2n) is 5.47. The van der Waals surface area contributed by atoms with Gasteiger partial charge in [-0.05, 0) is 39.0 Å². The van der Waals surface area contributed by atoms with Crippen LogP contribution >= 0.6 is 23.2 Å². The molecule has 21 heavy (non-hydrogen) atoms. The third kappa shape index (κ3) is 4.57. The van der Waals surface area contributed by atoms with Crippen LogP contribution in [0, 0.1) is 0 Å². The average molecular weight is 354 g/mol. The Bertz CT molecular complexity index is 638. The van der Waals surface area contributed by atoms with Gasteiger partial charge in [0.1, 0.15) is 4.90 Å². The molecule has 5 nitrogen and oxygen atoms in total. The van der Waals surface area contributed by atoms with E-state index in [9.17, 15) is 13.2 Å². The van der Waals surface area contributed by atoms with E-state index in [2.05, 4.69) is 0 Å². The lowest BCUT2D eigenvalue weighted by Crippen LogP contribution is -2.46. The van der Waals surface area contributed by atoms with Crippen molar-refractivity contribution in [3.05, 3.63) is 28.2 Å². The van der Waals surface area contributed by atoms with Crippen LogP contribution in [0.4, 0.5) is 0 Å². The van der Waals surface area contributed by atoms with Gasteiger partial charge < -0.3 is 5.11 Å². The normalized spacial score (nSPS) is 12.7. The lowest BCUT2D eigenvalue weighted by molar-refractivity contribution is -0.137. The first kappa shape index (κ1) is 18.2. The summed E-state index contributed by atoms with van der Waals surface area (Å²) in [6.07, 6.45) is -0.297. The number of carboxylic acids is 1. The Morgan fingerprint density at radius 2 is 1.86 bits per heavy atom. The van der Waals surface area contributed by atoms with E-state index < -0.39 is 21.5 Å². The molecule has 0 aliphatic heterocycles. The highest BCUT2D eigenvalue weighted by Gasteiger charge is 2.35. The number of carboxylic acid groups (broad SMARTS) is 1. The van der Waals surface area contributed by atoms with Crippen molar-refractivity contribution in [3.8, 4) is 0 Å². The summed E-state index contributed by atoms with van der Waals surface area (Å²) >= 11 is 11.8. The number of carbonyl (C=O) groups is 1. The van der Waals surface area contributed by atoms with Gasteiger partial charge >= 0.3 is 5.97 Å². The summed E-state index contributed by atoms with van der Waals surface area (Å²) in [6, 6.07) is 4.15. The maximum Gasteiger partial charge on any atom is 0.304 e. The molecule has 1 aromatic carbocycles. The molecule has 8 heteroatoms. The monoisotopic (exact) mass is 353 g/mol. The molecule has 0 saturated heterocycles. The molecule has 0 bridgehead atoms. The van der Waals surface area contributed by atoms with Crippen LogP contribution in [0.3, 0.4) is 0 Å². The maximum absolute atomic E-state index is 12.8. The van der Waals surface area contributed by atoms with Gasteiger partial charge in [-0.2, -0.15) is 4.31 Å². The van der Waals surface area contributed by atoms with Gasteiger partial charge in [0.2, 0.25) is 10.0 Å². The van der Waals surface area contributed by atoms with E-state index in [4.69, 9.17) is 28.3 Å². The fourth-order valence-electron chi connectivity index (χ4n) is 1.81. The van der Waals surface area contributed by atoms with E-state index in [-0.39, 0.29) is 27.9 Å². The van der Waals surface area contributed by atoms with E-state index in [1.54, 1.807) is 20.8 Å². The van der Waals surface area contributed by atoms with Crippen LogP contribution in [0.1, 0.15) is 27.2 Å². The number of hydrogen-bond acceptors (Lipinski definition) is 3. The van der Waals surface area contributed by atoms with Crippen molar-refractivity contribution in [1.29, 1.82) is 0 Å². The SMILES string of the molecule is CC(C)(C)N(CCC(=O)O)S(=O)(=O)c1cc(Cl)ccc1Cl. The van der Waals surface area contributed by atoms with E-state index >= 15 is 0 Å². The van der Waals surface area contributed by atoms with Crippen LogP contribution in [0.5, 0.6) is 0 Å². The van der Waals surface area contributed by atoms with Gasteiger partial charge in [0.15, 0.2) is 0 Å². The average Bonchev–Trinajstić information content (AvgIpc) is 2.29. The summed E-state index contributed by atoms with van der Waals surface area (Å²) in [6.45, 7) is 4.91. The zero-order chi connectivity index (χ0) is 16.4. The van der Waals surface area contributed by atoms with Gasteiger partial charge in [-0.25, -0.2) is 8.42 Å². The predicted octanol–water partition coefficient (Wildman–Crippen LogP) is 3.26. The van der Waals surface area contributed by atoms with Gasteiger partial charge in [0, 0.05) is 17.1 Å². The first-order chi connectivity index (χ1) is 9.46. The van der Waals surface area contributed by atoms with Gasteiger partial charge in [-0.1, -0.05) is 23.2 Å². The summed E-state index contributed by atoms with van der Waals surface area (Å²) in [7, 11) is -3.95. The van der Waals surface area contributed by atoms with Crippen LogP contribution in [0.15, 0.2) is 23.1 Å². The topological polar surface area (TPSA) is 74.7 Å². The highest BCUT2D eigenvalue weighted by Crippen LogP contribution is 2.31. The molecule has 0 spiro atoms. The summed E-state index contributed by atoms with van der Waals surface area (Å²) in [5.41, 5.74) is -0.792. The van der Waals surface area contributed by atoms with Crippen molar-refractivity contribution in [1.82, 2.24) is 4.31 Å². The van der Waals surface area contributed by atoms with E-state index in [1.807, 2.05) is 0 Å². The minimum Gasteiger partial charge on any atom is -0.481 e. The molecule has 0 heterocycles. The Kier molecular flexibility index (Phi) is 5.66. The molecule has 1 aromatic rings. The highest BCUT2D eigenvalue weighted by atomic mass is 35.5. The summed E-state index contributed by atoms with van der Waals surface area (Å²) in [4.78, 5) is 10.6. The Morgan fingerprint density at radius 3 is 2.33 bits per heavy atom. The molecule has 0 saturated carbocycles. The van der Waals surface area contributed by atoms with E-state index in [0.29, 0.717) is 0 Å². The Morgan fingerprint density at radius 1 is 1.29 bits per heavy atom. The van der Waals surface area contributed by atoms with Crippen molar-refractivity contribution in [3.63, 3.8) is 0 Å². The Hall–Kier alpha value is -0.820. The number of sulfonamides is 1. The largest absolute Gasteiger partial charge is 0.481 e. The smallest absolute Gasteiger partial charge is 0.304 e. The van der Waals surface area contributed by atoms with Gasteiger partial charge in [0.25, 0.3) is 0 Å². The first-order valence-electron chi connectivity index (χ1n) is 6.16. The molecule has 0 radical (unpaired) electrons. The molecule has 1 N–H and O–H groups in total. The standard InChI is InChI=1S/C13H17Cl2NO4S/c1-13(2,3)16(7-6-12(17)18)21(19,20)11-8-9(14)4-5-10(11)15/h4-5,8H,6-7H2,1-3H3,(H,17,18). The Balaban J connectivity index is 3.33. The van der Waals surface area contributed by atoms with Crippen molar-refractivity contribution in [2.75, 3.05) is 6.54 Å². The molecule has 0 unspecified atom stereocenters. The molecular formula is C13H17Cl2NO4S. The number of hydrogen-bond donors (Lipinski definition) is 1. The van der Waals surface area contributed by atoms with Crippen molar-refractivity contribution in [2.45, 2.75) is 37.6 Å². The van der Waals surface area contributed by atoms with Gasteiger partial charge in [-0.15, -0.1) is 0 Å². The second-order valence-corrected chi connectivity index (χ2v) is 8.14. The van der Waals surface area contributed by atoms with Crippen molar-refractivity contribution in [2.24, 2.45) is 0 Å². The minimum atomic E-state index is -3.95. The maximum atomic E-state index is 12.8. The van der Waals surface area contributed by atoms with Crippen LogP contribution in [-0.2, 0) is 14.8 Å². The molecule has 0 aromatic heterocycles. The molecular weight excluding hydrogens is 337 g/mol. The second kappa shape index (κ2) is 6.52. The van der Waals surface area contributed by atoms with Crippen molar-refractivity contribution < 1.29 is 18.3 Å². The fraction of sp³-hybridized carbons (Fsp3) is 0.462. The van der Waals surface area contributed by atoms with Crippen LogP contribution in [0.25, 0.3) is 0 Å². The molecule has 0 fully saturated rings. The minimum absolute atomic E-state index is 0.0453. The zero-order valence-corrected chi connectivity index (χ0v) is 14.3. The van der Waals surface area contributed by atoms with Crippen LogP contribution < -0.4 is 0 Å².